The Hall–Kier alpha value is -1.42. The molecule has 146 valence electrons. The number of rotatable bonds is 3. The summed E-state index contributed by atoms with van der Waals surface area (Å²) >= 11 is 5.99. The molecule has 1 aromatic heterocycles. The number of nitrogens with one attached hydrogen (secondary N) is 1. The molecule has 1 saturated heterocycles. The van der Waals surface area contributed by atoms with Crippen LogP contribution in [0.15, 0.2) is 24.3 Å². The molecule has 27 heavy (non-hydrogen) atoms. The van der Waals surface area contributed by atoms with Crippen LogP contribution in [0.2, 0.25) is 5.02 Å². The fraction of sp³-hybridized carbons (Fsp3) is 0.500. The van der Waals surface area contributed by atoms with Crippen LogP contribution in [0.1, 0.15) is 40.5 Å². The zero-order chi connectivity index (χ0) is 20.0. The van der Waals surface area contributed by atoms with Gasteiger partial charge in [-0.15, -0.1) is 19.4 Å². The van der Waals surface area contributed by atoms with Gasteiger partial charge in [-0.05, 0) is 70.1 Å². The van der Waals surface area contributed by atoms with Crippen molar-refractivity contribution >= 4 is 32.0 Å². The summed E-state index contributed by atoms with van der Waals surface area (Å²) in [4.78, 5) is 2.21. The van der Waals surface area contributed by atoms with Crippen molar-refractivity contribution in [3.05, 3.63) is 29.3 Å². The number of halogens is 1. The number of aromatic hydroxyl groups is 1. The third-order valence-electron chi connectivity index (χ3n) is 5.10. The number of aromatic nitrogens is 2. The van der Waals surface area contributed by atoms with E-state index in [1.165, 1.54) is 6.07 Å². The van der Waals surface area contributed by atoms with Crippen molar-refractivity contribution in [1.29, 1.82) is 0 Å². The summed E-state index contributed by atoms with van der Waals surface area (Å²) in [6, 6.07) is 7.53. The van der Waals surface area contributed by atoms with Crippen LogP contribution in [0.25, 0.3) is 11.3 Å². The van der Waals surface area contributed by atoms with E-state index in [2.05, 4.69) is 64.4 Å². The SMILES string of the molecule is CN(c1ccc(-c2c(O)cc(Cl)cc2P)nn1)C1CC(C)(C)NC(C)(C)C1. The smallest absolute Gasteiger partial charge is 0.151 e. The summed E-state index contributed by atoms with van der Waals surface area (Å²) < 4.78 is 0. The number of piperidine rings is 1. The molecule has 0 saturated carbocycles. The van der Waals surface area contributed by atoms with E-state index in [-0.39, 0.29) is 16.8 Å². The molecule has 5 nitrogen and oxygen atoms in total. The molecule has 1 aliphatic rings. The van der Waals surface area contributed by atoms with Crippen LogP contribution >= 0.6 is 20.8 Å². The Morgan fingerprint density at radius 3 is 2.30 bits per heavy atom. The summed E-state index contributed by atoms with van der Waals surface area (Å²) in [7, 11) is 4.66. The fourth-order valence-electron chi connectivity index (χ4n) is 4.27. The van der Waals surface area contributed by atoms with Gasteiger partial charge < -0.3 is 15.3 Å². The van der Waals surface area contributed by atoms with Gasteiger partial charge in [0.2, 0.25) is 0 Å². The third-order valence-corrected chi connectivity index (χ3v) is 5.77. The van der Waals surface area contributed by atoms with Gasteiger partial charge in [-0.1, -0.05) is 11.6 Å². The zero-order valence-corrected chi connectivity index (χ0v) is 18.5. The van der Waals surface area contributed by atoms with E-state index in [1.807, 2.05) is 12.1 Å². The highest BCUT2D eigenvalue weighted by atomic mass is 35.5. The Labute approximate surface area is 168 Å². The van der Waals surface area contributed by atoms with Crippen molar-refractivity contribution in [3.8, 4) is 17.0 Å². The number of anilines is 1. The lowest BCUT2D eigenvalue weighted by atomic mass is 9.79. The van der Waals surface area contributed by atoms with Crippen LogP contribution < -0.4 is 15.5 Å². The maximum atomic E-state index is 10.2. The van der Waals surface area contributed by atoms with Gasteiger partial charge in [0, 0.05) is 29.2 Å². The molecular weight excluding hydrogens is 379 g/mol. The predicted octanol–water partition coefficient (Wildman–Crippen LogP) is 3.75. The van der Waals surface area contributed by atoms with Crippen molar-refractivity contribution < 1.29 is 5.11 Å². The van der Waals surface area contributed by atoms with Gasteiger partial charge in [0.05, 0.1) is 11.3 Å². The Morgan fingerprint density at radius 2 is 1.78 bits per heavy atom. The van der Waals surface area contributed by atoms with E-state index in [4.69, 9.17) is 11.6 Å². The Bertz CT molecular complexity index is 799. The average molecular weight is 407 g/mol. The molecule has 1 aliphatic heterocycles. The van der Waals surface area contributed by atoms with Crippen LogP contribution in [-0.4, -0.2) is 39.5 Å². The van der Waals surface area contributed by atoms with Gasteiger partial charge in [0.1, 0.15) is 5.75 Å². The number of phenols is 1. The standard InChI is InChI=1S/C20H28ClN4OP/c1-19(2)10-13(11-20(3,4)24-19)25(5)17-7-6-14(22-23-17)18-15(26)8-12(21)9-16(18)27/h6-9,13,24,26H,10-11,27H2,1-5H3. The minimum atomic E-state index is 0.0669. The summed E-state index contributed by atoms with van der Waals surface area (Å²) in [6.07, 6.45) is 2.06. The molecule has 0 aliphatic carbocycles. The molecule has 1 unspecified atom stereocenters. The van der Waals surface area contributed by atoms with Crippen LogP contribution in [0.5, 0.6) is 5.75 Å². The molecule has 0 radical (unpaired) electrons. The van der Waals surface area contributed by atoms with Gasteiger partial charge in [0.15, 0.2) is 5.82 Å². The van der Waals surface area contributed by atoms with Crippen LogP contribution in [-0.2, 0) is 0 Å². The van der Waals surface area contributed by atoms with E-state index in [1.54, 1.807) is 6.07 Å². The van der Waals surface area contributed by atoms with Crippen molar-refractivity contribution in [2.45, 2.75) is 57.7 Å². The Morgan fingerprint density at radius 1 is 1.15 bits per heavy atom. The first-order valence-electron chi connectivity index (χ1n) is 9.12. The highest BCUT2D eigenvalue weighted by Crippen LogP contribution is 2.34. The topological polar surface area (TPSA) is 61.3 Å². The molecule has 1 atom stereocenters. The molecule has 2 heterocycles. The number of hydrogen-bond donors (Lipinski definition) is 2. The van der Waals surface area contributed by atoms with E-state index in [0.29, 0.717) is 22.3 Å². The lowest BCUT2D eigenvalue weighted by Gasteiger charge is -2.49. The quantitative estimate of drug-likeness (QED) is 0.760. The first kappa shape index (κ1) is 20.3. The second-order valence-corrected chi connectivity index (χ2v) is 9.79. The number of benzene rings is 1. The maximum Gasteiger partial charge on any atom is 0.151 e. The molecule has 1 aromatic carbocycles. The molecule has 0 amide bonds. The molecule has 0 spiro atoms. The highest BCUT2D eigenvalue weighted by molar-refractivity contribution is 7.28. The Kier molecular flexibility index (Phi) is 5.42. The molecular formula is C20H28ClN4OP. The first-order valence-corrected chi connectivity index (χ1v) is 10.1. The lowest BCUT2D eigenvalue weighted by Crippen LogP contribution is -2.62. The van der Waals surface area contributed by atoms with Crippen molar-refractivity contribution in [2.24, 2.45) is 0 Å². The lowest BCUT2D eigenvalue weighted by molar-refractivity contribution is 0.160. The van der Waals surface area contributed by atoms with Crippen LogP contribution in [0.3, 0.4) is 0 Å². The molecule has 0 bridgehead atoms. The van der Waals surface area contributed by atoms with Gasteiger partial charge in [-0.2, -0.15) is 0 Å². The van der Waals surface area contributed by atoms with E-state index < -0.39 is 0 Å². The van der Waals surface area contributed by atoms with Crippen molar-refractivity contribution in [3.63, 3.8) is 0 Å². The number of hydrogen-bond acceptors (Lipinski definition) is 5. The molecule has 2 aromatic rings. The van der Waals surface area contributed by atoms with Crippen molar-refractivity contribution in [2.75, 3.05) is 11.9 Å². The summed E-state index contributed by atoms with van der Waals surface area (Å²) in [6.45, 7) is 8.97. The Balaban J connectivity index is 1.85. The molecule has 2 N–H and O–H groups in total. The van der Waals surface area contributed by atoms with Gasteiger partial charge >= 0.3 is 0 Å². The van der Waals surface area contributed by atoms with Gasteiger partial charge in [0.25, 0.3) is 0 Å². The van der Waals surface area contributed by atoms with Gasteiger partial charge in [-0.3, -0.25) is 0 Å². The second kappa shape index (κ2) is 7.20. The van der Waals surface area contributed by atoms with Crippen molar-refractivity contribution in [1.82, 2.24) is 15.5 Å². The minimum Gasteiger partial charge on any atom is -0.507 e. The highest BCUT2D eigenvalue weighted by Gasteiger charge is 2.39. The zero-order valence-electron chi connectivity index (χ0n) is 16.5. The number of nitrogens with zero attached hydrogens (tertiary/aromatic N) is 3. The predicted molar refractivity (Wildman–Crippen MR) is 116 cm³/mol. The van der Waals surface area contributed by atoms with Crippen LogP contribution in [0.4, 0.5) is 5.82 Å². The van der Waals surface area contributed by atoms with E-state index in [0.717, 1.165) is 24.0 Å². The van der Waals surface area contributed by atoms with E-state index in [9.17, 15) is 5.11 Å². The average Bonchev–Trinajstić information content (AvgIpc) is 2.51. The molecule has 7 heteroatoms. The minimum absolute atomic E-state index is 0.0669. The summed E-state index contributed by atoms with van der Waals surface area (Å²) in [5, 5.41) is 24.0. The van der Waals surface area contributed by atoms with Crippen LogP contribution in [0, 0.1) is 0 Å². The fourth-order valence-corrected chi connectivity index (χ4v) is 5.07. The third kappa shape index (κ3) is 4.53. The monoisotopic (exact) mass is 406 g/mol. The molecule has 3 rings (SSSR count). The largest absolute Gasteiger partial charge is 0.507 e. The number of phenolic OH excluding ortho intramolecular Hbond substituents is 1. The second-order valence-electron chi connectivity index (χ2n) is 8.73. The normalized spacial score (nSPS) is 19.1. The summed E-state index contributed by atoms with van der Waals surface area (Å²) in [5.74, 6) is 0.931. The summed E-state index contributed by atoms with van der Waals surface area (Å²) in [5.41, 5.74) is 1.39. The molecule has 1 fully saturated rings. The van der Waals surface area contributed by atoms with E-state index >= 15 is 0 Å². The maximum absolute atomic E-state index is 10.2. The van der Waals surface area contributed by atoms with Gasteiger partial charge in [-0.25, -0.2) is 0 Å². The first-order chi connectivity index (χ1) is 12.5.